The predicted molar refractivity (Wildman–Crippen MR) is 28.5 cm³/mol. The van der Waals surface area contributed by atoms with Crippen molar-refractivity contribution in [2.24, 2.45) is 0 Å². The molecule has 0 atom stereocenters. The van der Waals surface area contributed by atoms with Crippen molar-refractivity contribution in [2.75, 3.05) is 6.61 Å². The van der Waals surface area contributed by atoms with Crippen LogP contribution in [0.1, 0.15) is 6.92 Å². The highest BCUT2D eigenvalue weighted by atomic mass is 16.4. The molecule has 46 valence electrons. The lowest BCUT2D eigenvalue weighted by molar-refractivity contribution is -0.132. The summed E-state index contributed by atoms with van der Waals surface area (Å²) in [7, 11) is 0. The number of carboxylic acids is 1. The van der Waals surface area contributed by atoms with Crippen LogP contribution in [0, 0.1) is 0 Å². The molecule has 8 heavy (non-hydrogen) atoms. The van der Waals surface area contributed by atoms with Crippen molar-refractivity contribution in [3.63, 3.8) is 0 Å². The Labute approximate surface area is 47.3 Å². The topological polar surface area (TPSA) is 57.5 Å². The molecule has 0 radical (unpaired) electrons. The molecule has 0 heterocycles. The minimum Gasteiger partial charge on any atom is -0.478 e. The summed E-state index contributed by atoms with van der Waals surface area (Å²) in [6.45, 7) is 1.22. The quantitative estimate of drug-likeness (QED) is 0.499. The average molecular weight is 116 g/mol. The van der Waals surface area contributed by atoms with Crippen LogP contribution in [0.2, 0.25) is 0 Å². The fourth-order valence-corrected chi connectivity index (χ4v) is 0.224. The van der Waals surface area contributed by atoms with Gasteiger partial charge in [-0.05, 0) is 13.0 Å². The molecule has 0 unspecified atom stereocenters. The largest absolute Gasteiger partial charge is 0.478 e. The van der Waals surface area contributed by atoms with Gasteiger partial charge in [0.15, 0.2) is 0 Å². The van der Waals surface area contributed by atoms with E-state index in [1.807, 2.05) is 0 Å². The van der Waals surface area contributed by atoms with Crippen LogP contribution in [0.25, 0.3) is 0 Å². The van der Waals surface area contributed by atoms with Gasteiger partial charge in [-0.1, -0.05) is 0 Å². The molecule has 0 aliphatic heterocycles. The van der Waals surface area contributed by atoms with Crippen molar-refractivity contribution in [3.05, 3.63) is 11.6 Å². The van der Waals surface area contributed by atoms with Gasteiger partial charge in [0.2, 0.25) is 0 Å². The molecule has 0 aromatic rings. The van der Waals surface area contributed by atoms with Gasteiger partial charge < -0.3 is 10.2 Å². The summed E-state index contributed by atoms with van der Waals surface area (Å²) >= 11 is 0. The van der Waals surface area contributed by atoms with Gasteiger partial charge in [-0.15, -0.1) is 0 Å². The lowest BCUT2D eigenvalue weighted by Crippen LogP contribution is -1.96. The van der Waals surface area contributed by atoms with E-state index in [0.717, 1.165) is 0 Å². The number of aliphatic hydroxyl groups excluding tert-OH is 1. The summed E-state index contributed by atoms with van der Waals surface area (Å²) < 4.78 is 0. The summed E-state index contributed by atoms with van der Waals surface area (Å²) in [6, 6.07) is 0. The Kier molecular flexibility index (Phi) is 2.88. The Morgan fingerprint density at radius 2 is 2.25 bits per heavy atom. The van der Waals surface area contributed by atoms with Crippen LogP contribution in [0.15, 0.2) is 11.6 Å². The molecule has 0 fully saturated rings. The van der Waals surface area contributed by atoms with Crippen LogP contribution in [0.5, 0.6) is 0 Å². The van der Waals surface area contributed by atoms with Crippen molar-refractivity contribution < 1.29 is 15.0 Å². The van der Waals surface area contributed by atoms with Crippen LogP contribution < -0.4 is 0 Å². The first-order chi connectivity index (χ1) is 3.68. The zero-order valence-electron chi connectivity index (χ0n) is 4.59. The molecule has 0 spiro atoms. The fraction of sp³-hybridized carbons (Fsp3) is 0.400. The number of hydrogen-bond acceptors (Lipinski definition) is 2. The number of hydrogen-bond donors (Lipinski definition) is 2. The molecule has 0 saturated carbocycles. The van der Waals surface area contributed by atoms with Crippen molar-refractivity contribution >= 4 is 5.97 Å². The van der Waals surface area contributed by atoms with E-state index in [1.54, 1.807) is 0 Å². The van der Waals surface area contributed by atoms with E-state index in [2.05, 4.69) is 0 Å². The average Bonchev–Trinajstić information content (AvgIpc) is 1.67. The standard InChI is InChI=1S/C5H8O3/c1-4(2-3-6)5(7)8/h2,6H,3H2,1H3,(H,7,8)/b4-2+. The van der Waals surface area contributed by atoms with Gasteiger partial charge in [-0.25, -0.2) is 4.79 Å². The highest BCUT2D eigenvalue weighted by Gasteiger charge is 1.95. The lowest BCUT2D eigenvalue weighted by Gasteiger charge is -1.86. The predicted octanol–water partition coefficient (Wildman–Crippen LogP) is 0.00960. The van der Waals surface area contributed by atoms with E-state index < -0.39 is 5.97 Å². The van der Waals surface area contributed by atoms with Crippen LogP contribution in [-0.2, 0) is 4.79 Å². The molecular weight excluding hydrogens is 108 g/mol. The third-order valence-electron chi connectivity index (χ3n) is 0.735. The molecule has 3 heteroatoms. The van der Waals surface area contributed by atoms with Crippen LogP contribution in [-0.4, -0.2) is 22.8 Å². The monoisotopic (exact) mass is 116 g/mol. The SMILES string of the molecule is C/C(=C\CO)C(=O)O. The third-order valence-corrected chi connectivity index (χ3v) is 0.735. The maximum atomic E-state index is 9.91. The fourth-order valence-electron chi connectivity index (χ4n) is 0.224. The minimum absolute atomic E-state index is 0.174. The van der Waals surface area contributed by atoms with Crippen molar-refractivity contribution in [3.8, 4) is 0 Å². The molecule has 0 aliphatic rings. The van der Waals surface area contributed by atoms with E-state index in [1.165, 1.54) is 13.0 Å². The second-order valence-electron chi connectivity index (χ2n) is 1.37. The van der Waals surface area contributed by atoms with E-state index in [9.17, 15) is 4.79 Å². The maximum Gasteiger partial charge on any atom is 0.331 e. The van der Waals surface area contributed by atoms with Gasteiger partial charge in [0.05, 0.1) is 6.61 Å². The Balaban J connectivity index is 3.80. The smallest absolute Gasteiger partial charge is 0.331 e. The maximum absolute atomic E-state index is 9.91. The molecule has 0 amide bonds. The molecule has 0 rings (SSSR count). The van der Waals surface area contributed by atoms with Gasteiger partial charge in [-0.3, -0.25) is 0 Å². The zero-order chi connectivity index (χ0) is 6.57. The Morgan fingerprint density at radius 3 is 2.38 bits per heavy atom. The Morgan fingerprint density at radius 1 is 1.75 bits per heavy atom. The highest BCUT2D eigenvalue weighted by molar-refractivity contribution is 5.85. The molecule has 0 aromatic carbocycles. The van der Waals surface area contributed by atoms with Crippen LogP contribution in [0.3, 0.4) is 0 Å². The molecule has 0 bridgehead atoms. The van der Waals surface area contributed by atoms with Gasteiger partial charge in [0.25, 0.3) is 0 Å². The highest BCUT2D eigenvalue weighted by Crippen LogP contribution is 1.88. The summed E-state index contributed by atoms with van der Waals surface area (Å²) in [5, 5.41) is 16.3. The molecular formula is C5H8O3. The van der Waals surface area contributed by atoms with E-state index in [-0.39, 0.29) is 12.2 Å². The third kappa shape index (κ3) is 2.36. The van der Waals surface area contributed by atoms with Crippen molar-refractivity contribution in [2.45, 2.75) is 6.92 Å². The number of carboxylic acid groups (broad SMARTS) is 1. The second-order valence-corrected chi connectivity index (χ2v) is 1.37. The Hall–Kier alpha value is -0.830. The van der Waals surface area contributed by atoms with Crippen molar-refractivity contribution in [1.29, 1.82) is 0 Å². The van der Waals surface area contributed by atoms with Gasteiger partial charge >= 0.3 is 5.97 Å². The molecule has 0 aliphatic carbocycles. The van der Waals surface area contributed by atoms with Crippen molar-refractivity contribution in [1.82, 2.24) is 0 Å². The zero-order valence-corrected chi connectivity index (χ0v) is 4.59. The summed E-state index contributed by atoms with van der Waals surface area (Å²) in [5.41, 5.74) is 0.174. The summed E-state index contributed by atoms with van der Waals surface area (Å²) in [6.07, 6.45) is 1.24. The second kappa shape index (κ2) is 3.21. The summed E-state index contributed by atoms with van der Waals surface area (Å²) in [4.78, 5) is 9.91. The van der Waals surface area contributed by atoms with E-state index >= 15 is 0 Å². The minimum atomic E-state index is -0.987. The van der Waals surface area contributed by atoms with Crippen LogP contribution >= 0.6 is 0 Å². The molecule has 0 saturated heterocycles. The van der Waals surface area contributed by atoms with Gasteiger partial charge in [0.1, 0.15) is 0 Å². The first-order valence-electron chi connectivity index (χ1n) is 2.19. The number of rotatable bonds is 2. The number of aliphatic carboxylic acids is 1. The summed E-state index contributed by atoms with van der Waals surface area (Å²) in [5.74, 6) is -0.987. The van der Waals surface area contributed by atoms with E-state index in [0.29, 0.717) is 0 Å². The molecule has 2 N–H and O–H groups in total. The lowest BCUT2D eigenvalue weighted by atomic mass is 10.3. The first-order valence-corrected chi connectivity index (χ1v) is 2.19. The number of aliphatic hydroxyl groups is 1. The van der Waals surface area contributed by atoms with Crippen LogP contribution in [0.4, 0.5) is 0 Å². The van der Waals surface area contributed by atoms with E-state index in [4.69, 9.17) is 10.2 Å². The van der Waals surface area contributed by atoms with Gasteiger partial charge in [-0.2, -0.15) is 0 Å². The van der Waals surface area contributed by atoms with Gasteiger partial charge in [0, 0.05) is 5.57 Å². The number of carbonyl (C=O) groups is 1. The normalized spacial score (nSPS) is 11.5. The molecule has 0 aromatic heterocycles. The Bertz CT molecular complexity index is 115. The molecule has 3 nitrogen and oxygen atoms in total. The first kappa shape index (κ1) is 7.17.